The van der Waals surface area contributed by atoms with Gasteiger partial charge in [0, 0.05) is 12.1 Å². The molecule has 96 valence electrons. The normalized spacial score (nSPS) is 9.95. The van der Waals surface area contributed by atoms with E-state index in [1.54, 1.807) is 24.3 Å². The van der Waals surface area contributed by atoms with Gasteiger partial charge in [0.1, 0.15) is 5.69 Å². The fourth-order valence-electron chi connectivity index (χ4n) is 1.63. The predicted octanol–water partition coefficient (Wildman–Crippen LogP) is 2.98. The quantitative estimate of drug-likeness (QED) is 0.913. The lowest BCUT2D eigenvalue weighted by molar-refractivity contribution is 0.618. The van der Waals surface area contributed by atoms with E-state index in [0.29, 0.717) is 17.1 Å². The summed E-state index contributed by atoms with van der Waals surface area (Å²) in [6.07, 6.45) is 2.07. The van der Waals surface area contributed by atoms with Gasteiger partial charge in [0.15, 0.2) is 5.82 Å². The number of nitrogens with one attached hydrogen (secondary N) is 1. The van der Waals surface area contributed by atoms with Crippen LogP contribution in [0, 0.1) is 17.1 Å². The fraction of sp³-hybridized carbons (Fsp3) is 0.214. The van der Waals surface area contributed by atoms with E-state index in [0.717, 1.165) is 19.2 Å². The Morgan fingerprint density at radius 1 is 1.42 bits per heavy atom. The monoisotopic (exact) mass is 256 g/mol. The van der Waals surface area contributed by atoms with Gasteiger partial charge in [0.25, 0.3) is 0 Å². The molecule has 0 aliphatic carbocycles. The van der Waals surface area contributed by atoms with Crippen LogP contribution in [0.3, 0.4) is 0 Å². The molecule has 1 heterocycles. The molecule has 0 radical (unpaired) electrons. The highest BCUT2D eigenvalue weighted by atomic mass is 19.1. The van der Waals surface area contributed by atoms with Crippen molar-refractivity contribution >= 4 is 5.95 Å². The fourth-order valence-corrected chi connectivity index (χ4v) is 1.63. The topological polar surface area (TPSA) is 61.6 Å². The van der Waals surface area contributed by atoms with E-state index in [1.807, 2.05) is 13.0 Å². The third kappa shape index (κ3) is 3.05. The average Bonchev–Trinajstić information content (AvgIpc) is 2.46. The number of halogens is 1. The summed E-state index contributed by atoms with van der Waals surface area (Å²) < 4.78 is 13.8. The van der Waals surface area contributed by atoms with Crippen LogP contribution in [0.15, 0.2) is 30.5 Å². The Balaban J connectivity index is 2.40. The van der Waals surface area contributed by atoms with Crippen LogP contribution < -0.4 is 5.32 Å². The molecule has 0 fully saturated rings. The molecule has 0 unspecified atom stereocenters. The van der Waals surface area contributed by atoms with Gasteiger partial charge in [-0.3, -0.25) is 0 Å². The molecule has 0 atom stereocenters. The highest BCUT2D eigenvalue weighted by molar-refractivity contribution is 5.62. The first kappa shape index (κ1) is 13.0. The molecule has 2 rings (SSSR count). The number of benzene rings is 1. The summed E-state index contributed by atoms with van der Waals surface area (Å²) in [5.41, 5.74) is 1.24. The second-order valence-electron chi connectivity index (χ2n) is 4.01. The zero-order chi connectivity index (χ0) is 13.7. The van der Waals surface area contributed by atoms with Gasteiger partial charge in [-0.2, -0.15) is 5.26 Å². The highest BCUT2D eigenvalue weighted by Gasteiger charge is 2.09. The van der Waals surface area contributed by atoms with Crippen molar-refractivity contribution in [2.75, 3.05) is 11.9 Å². The van der Waals surface area contributed by atoms with Gasteiger partial charge >= 0.3 is 0 Å². The van der Waals surface area contributed by atoms with Gasteiger partial charge in [0.05, 0.1) is 17.8 Å². The molecule has 5 heteroatoms. The Labute approximate surface area is 110 Å². The first-order valence-corrected chi connectivity index (χ1v) is 6.01. The number of anilines is 1. The van der Waals surface area contributed by atoms with Crippen molar-refractivity contribution in [2.45, 2.75) is 13.3 Å². The second-order valence-corrected chi connectivity index (χ2v) is 4.01. The molecule has 0 spiro atoms. The lowest BCUT2D eigenvalue weighted by atomic mass is 10.1. The molecule has 0 aliphatic heterocycles. The molecule has 0 bridgehead atoms. The van der Waals surface area contributed by atoms with E-state index in [1.165, 1.54) is 0 Å². The molecular weight excluding hydrogens is 243 g/mol. The Kier molecular flexibility index (Phi) is 4.04. The maximum atomic E-state index is 13.8. The summed E-state index contributed by atoms with van der Waals surface area (Å²) in [5, 5.41) is 11.9. The van der Waals surface area contributed by atoms with Crippen LogP contribution in [0.25, 0.3) is 11.3 Å². The Morgan fingerprint density at radius 2 is 2.26 bits per heavy atom. The van der Waals surface area contributed by atoms with E-state index in [9.17, 15) is 4.39 Å². The SMILES string of the molecule is CCCNc1ncc(F)c(-c2cccc(C#N)c2)n1. The van der Waals surface area contributed by atoms with Crippen molar-refractivity contribution in [1.82, 2.24) is 9.97 Å². The van der Waals surface area contributed by atoms with Crippen molar-refractivity contribution in [2.24, 2.45) is 0 Å². The second kappa shape index (κ2) is 5.91. The van der Waals surface area contributed by atoms with Crippen molar-refractivity contribution in [3.8, 4) is 17.3 Å². The smallest absolute Gasteiger partial charge is 0.223 e. The Bertz CT molecular complexity index is 619. The third-order valence-corrected chi connectivity index (χ3v) is 2.54. The van der Waals surface area contributed by atoms with Gasteiger partial charge < -0.3 is 5.32 Å². The maximum Gasteiger partial charge on any atom is 0.223 e. The van der Waals surface area contributed by atoms with E-state index in [-0.39, 0.29) is 5.69 Å². The summed E-state index contributed by atoms with van der Waals surface area (Å²) in [6, 6.07) is 8.72. The summed E-state index contributed by atoms with van der Waals surface area (Å²) in [6.45, 7) is 2.75. The van der Waals surface area contributed by atoms with Gasteiger partial charge in [-0.05, 0) is 18.6 Å². The number of nitriles is 1. The zero-order valence-electron chi connectivity index (χ0n) is 10.5. The largest absolute Gasteiger partial charge is 0.354 e. The van der Waals surface area contributed by atoms with Gasteiger partial charge in [-0.15, -0.1) is 0 Å². The number of hydrogen-bond acceptors (Lipinski definition) is 4. The summed E-state index contributed by atoms with van der Waals surface area (Å²) >= 11 is 0. The molecule has 1 aromatic carbocycles. The predicted molar refractivity (Wildman–Crippen MR) is 70.9 cm³/mol. The first-order valence-electron chi connectivity index (χ1n) is 6.01. The minimum Gasteiger partial charge on any atom is -0.354 e. The minimum absolute atomic E-state index is 0.200. The summed E-state index contributed by atoms with van der Waals surface area (Å²) in [4.78, 5) is 8.03. The van der Waals surface area contributed by atoms with Crippen LogP contribution in [0.1, 0.15) is 18.9 Å². The van der Waals surface area contributed by atoms with E-state index in [2.05, 4.69) is 15.3 Å². The molecule has 1 aromatic heterocycles. The molecule has 2 aromatic rings. The molecule has 0 saturated carbocycles. The van der Waals surface area contributed by atoms with E-state index < -0.39 is 5.82 Å². The minimum atomic E-state index is -0.503. The van der Waals surface area contributed by atoms with Crippen LogP contribution in [-0.4, -0.2) is 16.5 Å². The molecule has 1 N–H and O–H groups in total. The third-order valence-electron chi connectivity index (χ3n) is 2.54. The highest BCUT2D eigenvalue weighted by Crippen LogP contribution is 2.22. The molecule has 4 nitrogen and oxygen atoms in total. The number of hydrogen-bond donors (Lipinski definition) is 1. The molecule has 0 aliphatic rings. The standard InChI is InChI=1S/C14H13FN4/c1-2-6-17-14-18-9-12(15)13(19-14)11-5-3-4-10(7-11)8-16/h3-5,7,9H,2,6H2,1H3,(H,17,18,19). The maximum absolute atomic E-state index is 13.8. The van der Waals surface area contributed by atoms with Crippen LogP contribution in [0.4, 0.5) is 10.3 Å². The van der Waals surface area contributed by atoms with Crippen molar-refractivity contribution in [3.05, 3.63) is 41.8 Å². The summed E-state index contributed by atoms with van der Waals surface area (Å²) in [7, 11) is 0. The van der Waals surface area contributed by atoms with Crippen molar-refractivity contribution < 1.29 is 4.39 Å². The van der Waals surface area contributed by atoms with Gasteiger partial charge in [-0.1, -0.05) is 19.1 Å². The lowest BCUT2D eigenvalue weighted by Crippen LogP contribution is -2.05. The zero-order valence-corrected chi connectivity index (χ0v) is 10.5. The van der Waals surface area contributed by atoms with Crippen LogP contribution in [0.5, 0.6) is 0 Å². The van der Waals surface area contributed by atoms with Crippen molar-refractivity contribution in [1.29, 1.82) is 5.26 Å². The molecule has 0 saturated heterocycles. The lowest BCUT2D eigenvalue weighted by Gasteiger charge is -2.07. The molecule has 19 heavy (non-hydrogen) atoms. The van der Waals surface area contributed by atoms with Crippen LogP contribution in [-0.2, 0) is 0 Å². The van der Waals surface area contributed by atoms with E-state index >= 15 is 0 Å². The number of nitrogens with zero attached hydrogens (tertiary/aromatic N) is 3. The Hall–Kier alpha value is -2.48. The number of rotatable bonds is 4. The van der Waals surface area contributed by atoms with E-state index in [4.69, 9.17) is 5.26 Å². The van der Waals surface area contributed by atoms with Crippen LogP contribution >= 0.6 is 0 Å². The van der Waals surface area contributed by atoms with Gasteiger partial charge in [0.2, 0.25) is 5.95 Å². The van der Waals surface area contributed by atoms with Crippen LogP contribution in [0.2, 0.25) is 0 Å². The van der Waals surface area contributed by atoms with Crippen molar-refractivity contribution in [3.63, 3.8) is 0 Å². The average molecular weight is 256 g/mol. The number of aromatic nitrogens is 2. The molecule has 0 amide bonds. The molecular formula is C14H13FN4. The summed E-state index contributed by atoms with van der Waals surface area (Å²) in [5.74, 6) is -0.113. The first-order chi connectivity index (χ1) is 9.24. The Morgan fingerprint density at radius 3 is 3.00 bits per heavy atom. The van der Waals surface area contributed by atoms with Gasteiger partial charge in [-0.25, -0.2) is 14.4 Å².